The Kier molecular flexibility index (Phi) is 11.1. The van der Waals surface area contributed by atoms with Crippen molar-refractivity contribution in [3.63, 3.8) is 0 Å². The fourth-order valence-corrected chi connectivity index (χ4v) is 8.99. The van der Waals surface area contributed by atoms with Crippen molar-refractivity contribution >= 4 is 35.4 Å². The topological polar surface area (TPSA) is 157 Å². The normalized spacial score (nSPS) is 25.0. The molecule has 1 aromatic rings. The minimum absolute atomic E-state index is 0.0642. The number of urea groups is 1. The summed E-state index contributed by atoms with van der Waals surface area (Å²) in [4.78, 5) is 85.5. The first-order chi connectivity index (χ1) is 25.1. The molecule has 53 heavy (non-hydrogen) atoms. The quantitative estimate of drug-likeness (QED) is 0.168. The number of amides is 6. The first-order valence-electron chi connectivity index (χ1n) is 19.6. The van der Waals surface area contributed by atoms with E-state index in [0.29, 0.717) is 31.6 Å². The van der Waals surface area contributed by atoms with Gasteiger partial charge < -0.3 is 31.1 Å². The Morgan fingerprint density at radius 2 is 1.68 bits per heavy atom. The van der Waals surface area contributed by atoms with Crippen LogP contribution in [0, 0.1) is 34.5 Å². The lowest BCUT2D eigenvalue weighted by Gasteiger charge is -2.38. The van der Waals surface area contributed by atoms with Crippen molar-refractivity contribution in [3.05, 3.63) is 48.0 Å². The van der Waals surface area contributed by atoms with Gasteiger partial charge in [0.1, 0.15) is 12.1 Å². The molecular formula is C41H58N6O6. The molecule has 4 N–H and O–H groups in total. The van der Waals surface area contributed by atoms with Gasteiger partial charge in [-0.1, -0.05) is 91.0 Å². The Balaban J connectivity index is 1.19. The summed E-state index contributed by atoms with van der Waals surface area (Å²) >= 11 is 0. The molecule has 6 atom stereocenters. The number of piperidine rings is 1. The summed E-state index contributed by atoms with van der Waals surface area (Å²) in [6.45, 7) is 15.1. The average molecular weight is 731 g/mol. The van der Waals surface area contributed by atoms with E-state index >= 15 is 0 Å². The number of hydrogen-bond acceptors (Lipinski definition) is 6. The number of likely N-dealkylation sites (tertiary alicyclic amines) is 1. The number of hydrogen-bond donors (Lipinski definition) is 4. The summed E-state index contributed by atoms with van der Waals surface area (Å²) in [6, 6.07) is 3.99. The van der Waals surface area contributed by atoms with Gasteiger partial charge >= 0.3 is 6.03 Å². The lowest BCUT2D eigenvalue weighted by atomic mass is 9.83. The number of ketones is 1. The van der Waals surface area contributed by atoms with Gasteiger partial charge in [-0.05, 0) is 65.4 Å². The zero-order chi connectivity index (χ0) is 38.2. The van der Waals surface area contributed by atoms with Crippen LogP contribution in [0.4, 0.5) is 4.79 Å². The predicted molar refractivity (Wildman–Crippen MR) is 200 cm³/mol. The van der Waals surface area contributed by atoms with Gasteiger partial charge in [0.05, 0.1) is 12.1 Å². The molecule has 12 nitrogen and oxygen atoms in total. The molecule has 2 aliphatic heterocycles. The van der Waals surface area contributed by atoms with Crippen LogP contribution in [0.5, 0.6) is 0 Å². The Labute approximate surface area is 313 Å². The van der Waals surface area contributed by atoms with E-state index in [1.54, 1.807) is 9.80 Å². The highest BCUT2D eigenvalue weighted by Crippen LogP contribution is 2.65. The lowest BCUT2D eigenvalue weighted by molar-refractivity contribution is -0.144. The monoisotopic (exact) mass is 730 g/mol. The Bertz CT molecular complexity index is 1620. The van der Waals surface area contributed by atoms with Crippen molar-refractivity contribution in [2.75, 3.05) is 19.6 Å². The zero-order valence-corrected chi connectivity index (χ0v) is 32.0. The number of Topliss-reactive ketones (excluding diaryl/α,β-unsaturated/α-hetero) is 1. The maximum absolute atomic E-state index is 14.7. The summed E-state index contributed by atoms with van der Waals surface area (Å²) in [5.41, 5.74) is 1.06. The highest BCUT2D eigenvalue weighted by molar-refractivity contribution is 6.38. The van der Waals surface area contributed by atoms with E-state index in [9.17, 15) is 28.8 Å². The van der Waals surface area contributed by atoms with Crippen molar-refractivity contribution in [2.24, 2.45) is 34.5 Å². The molecule has 2 heterocycles. The van der Waals surface area contributed by atoms with Crippen molar-refractivity contribution in [1.29, 1.82) is 0 Å². The molecule has 1 unspecified atom stereocenters. The van der Waals surface area contributed by atoms with Gasteiger partial charge in [0.2, 0.25) is 17.6 Å². The van der Waals surface area contributed by atoms with Gasteiger partial charge in [-0.3, -0.25) is 24.0 Å². The number of nitrogens with one attached hydrogen (secondary N) is 4. The molecule has 0 bridgehead atoms. The van der Waals surface area contributed by atoms with E-state index in [-0.39, 0.29) is 47.4 Å². The fraction of sp³-hybridized carbons (Fsp3) is 0.659. The van der Waals surface area contributed by atoms with Crippen LogP contribution in [-0.4, -0.2) is 89.0 Å². The molecule has 6 rings (SSSR count). The number of rotatable bonds is 14. The number of fused-ring (bicyclic) bond motifs is 2. The van der Waals surface area contributed by atoms with Gasteiger partial charge in [0.15, 0.2) is 0 Å². The van der Waals surface area contributed by atoms with Gasteiger partial charge in [-0.2, -0.15) is 0 Å². The predicted octanol–water partition coefficient (Wildman–Crippen LogP) is 3.94. The lowest BCUT2D eigenvalue weighted by Crippen LogP contribution is -2.61. The molecule has 6 amide bonds. The molecular weight excluding hydrogens is 672 g/mol. The number of benzene rings is 1. The highest BCUT2D eigenvalue weighted by atomic mass is 16.2. The van der Waals surface area contributed by atoms with Crippen LogP contribution in [0.3, 0.4) is 0 Å². The summed E-state index contributed by atoms with van der Waals surface area (Å²) in [5.74, 6) is -2.08. The first kappa shape index (κ1) is 38.5. The van der Waals surface area contributed by atoms with E-state index < -0.39 is 53.2 Å². The van der Waals surface area contributed by atoms with Crippen LogP contribution in [0.2, 0.25) is 0 Å². The van der Waals surface area contributed by atoms with Crippen molar-refractivity contribution in [3.8, 4) is 0 Å². The standard InChI is InChI=1S/C41H58N6O6/c1-7-19-42-36(50)34(48)29(20-24-17-18-24)43-35(49)33-31-28(41(31,5)6)22-47(33)38(52)32(25-13-9-8-10-14-25)45-39(53)44-30(40(2,3)4)23-46-21-26-15-11-12-16-27(26)37(46)51/h7,11-12,15-16,24-25,28-33H,1,8-10,13-14,17-23H2,2-6H3,(H,42,50)(H,43,49)(H2,44,45,53)/t28-,29?,30+,31-,32-,33-/m0/s1. The third-order valence-electron chi connectivity index (χ3n) is 12.6. The van der Waals surface area contributed by atoms with E-state index in [1.165, 1.54) is 6.08 Å². The highest BCUT2D eigenvalue weighted by Gasteiger charge is 2.70. The molecule has 0 radical (unpaired) electrons. The second kappa shape index (κ2) is 15.3. The molecule has 3 saturated carbocycles. The SMILES string of the molecule is C=CCNC(=O)C(=O)C(CC1CC1)NC(=O)[C@@H]1[C@@H]2[C@H](CN1C(=O)[C@@H](NC(=O)N[C@H](CN1Cc3ccccc3C1=O)C(C)(C)C)C1CCCCC1)C2(C)C. The molecule has 12 heteroatoms. The summed E-state index contributed by atoms with van der Waals surface area (Å²) in [6.07, 6.45) is 8.25. The van der Waals surface area contributed by atoms with Crippen LogP contribution in [-0.2, 0) is 25.7 Å². The van der Waals surface area contributed by atoms with E-state index in [4.69, 9.17) is 0 Å². The van der Waals surface area contributed by atoms with Crippen LogP contribution >= 0.6 is 0 Å². The molecule has 288 valence electrons. The van der Waals surface area contributed by atoms with Gasteiger partial charge in [0, 0.05) is 31.7 Å². The third kappa shape index (κ3) is 8.31. The Morgan fingerprint density at radius 3 is 2.32 bits per heavy atom. The summed E-state index contributed by atoms with van der Waals surface area (Å²) in [7, 11) is 0. The van der Waals surface area contributed by atoms with Crippen molar-refractivity contribution in [2.45, 2.75) is 117 Å². The van der Waals surface area contributed by atoms with Gasteiger partial charge in [-0.15, -0.1) is 6.58 Å². The third-order valence-corrected chi connectivity index (χ3v) is 12.6. The summed E-state index contributed by atoms with van der Waals surface area (Å²) in [5, 5.41) is 11.6. The maximum atomic E-state index is 14.7. The van der Waals surface area contributed by atoms with E-state index in [2.05, 4.69) is 41.7 Å². The summed E-state index contributed by atoms with van der Waals surface area (Å²) < 4.78 is 0. The Morgan fingerprint density at radius 1 is 0.981 bits per heavy atom. The van der Waals surface area contributed by atoms with Gasteiger partial charge in [0.25, 0.3) is 11.8 Å². The maximum Gasteiger partial charge on any atom is 0.315 e. The van der Waals surface area contributed by atoms with Gasteiger partial charge in [-0.25, -0.2) is 4.79 Å². The molecule has 0 spiro atoms. The molecule has 1 aromatic carbocycles. The molecule has 4 fully saturated rings. The smallest absolute Gasteiger partial charge is 0.315 e. The van der Waals surface area contributed by atoms with Crippen LogP contribution in [0.25, 0.3) is 0 Å². The van der Waals surface area contributed by atoms with Crippen molar-refractivity contribution < 1.29 is 28.8 Å². The van der Waals surface area contributed by atoms with Crippen LogP contribution in [0.1, 0.15) is 102 Å². The molecule has 0 aromatic heterocycles. The number of carbonyl (C=O) groups excluding carboxylic acids is 6. The number of carbonyl (C=O) groups is 6. The average Bonchev–Trinajstić information content (AvgIpc) is 3.93. The fourth-order valence-electron chi connectivity index (χ4n) is 8.99. The second-order valence-corrected chi connectivity index (χ2v) is 17.7. The first-order valence-corrected chi connectivity index (χ1v) is 19.6. The van der Waals surface area contributed by atoms with Crippen LogP contribution in [0.15, 0.2) is 36.9 Å². The molecule has 3 aliphatic carbocycles. The van der Waals surface area contributed by atoms with Crippen LogP contribution < -0.4 is 21.3 Å². The molecule has 1 saturated heterocycles. The minimum atomic E-state index is -0.986. The second-order valence-electron chi connectivity index (χ2n) is 17.7. The van der Waals surface area contributed by atoms with E-state index in [0.717, 1.165) is 50.5 Å². The Hall–Kier alpha value is -4.22. The van der Waals surface area contributed by atoms with E-state index in [1.807, 2.05) is 45.0 Å². The van der Waals surface area contributed by atoms with Crippen molar-refractivity contribution in [1.82, 2.24) is 31.1 Å². The zero-order valence-electron chi connectivity index (χ0n) is 32.0. The minimum Gasteiger partial charge on any atom is -0.346 e. The number of nitrogens with zero attached hydrogens (tertiary/aromatic N) is 2. The largest absolute Gasteiger partial charge is 0.346 e. The molecule has 5 aliphatic rings.